The molecule has 0 radical (unpaired) electrons. The van der Waals surface area contributed by atoms with Crippen molar-refractivity contribution < 1.29 is 14.4 Å². The van der Waals surface area contributed by atoms with Crippen molar-refractivity contribution in [2.75, 3.05) is 7.05 Å². The Morgan fingerprint density at radius 1 is 1.08 bits per heavy atom. The Balaban J connectivity index is 1.77. The van der Waals surface area contributed by atoms with Crippen molar-refractivity contribution in [2.24, 2.45) is 0 Å². The molecule has 0 aromatic heterocycles. The van der Waals surface area contributed by atoms with Gasteiger partial charge in [-0.1, -0.05) is 35.9 Å². The van der Waals surface area contributed by atoms with Crippen molar-refractivity contribution >= 4 is 29.3 Å². The van der Waals surface area contributed by atoms with Gasteiger partial charge in [-0.2, -0.15) is 0 Å². The average Bonchev–Trinajstić information content (AvgIpc) is 2.85. The quantitative estimate of drug-likeness (QED) is 0.791. The van der Waals surface area contributed by atoms with Crippen LogP contribution in [0, 0.1) is 0 Å². The van der Waals surface area contributed by atoms with Crippen molar-refractivity contribution in [1.82, 2.24) is 9.80 Å². The highest BCUT2D eigenvalue weighted by Crippen LogP contribution is 2.25. The molecule has 3 rings (SSSR count). The lowest BCUT2D eigenvalue weighted by atomic mass is 10.1. The summed E-state index contributed by atoms with van der Waals surface area (Å²) in [5.41, 5.74) is 1.55. The van der Waals surface area contributed by atoms with E-state index in [2.05, 4.69) is 0 Å². The van der Waals surface area contributed by atoms with Gasteiger partial charge in [-0.3, -0.25) is 19.3 Å². The Hall–Kier alpha value is -2.66. The number of carbonyl (C=O) groups excluding carboxylic acids is 3. The first-order chi connectivity index (χ1) is 11.9. The maximum atomic E-state index is 12.7. The number of nitrogens with zero attached hydrogens (tertiary/aromatic N) is 2. The first-order valence-electron chi connectivity index (χ1n) is 7.86. The monoisotopic (exact) mass is 356 g/mol. The molecular formula is C19H17ClN2O3. The summed E-state index contributed by atoms with van der Waals surface area (Å²) in [5.74, 6) is -1.18. The molecule has 1 heterocycles. The van der Waals surface area contributed by atoms with Crippen molar-refractivity contribution in [3.05, 3.63) is 70.2 Å². The second-order valence-electron chi connectivity index (χ2n) is 6.03. The molecular weight excluding hydrogens is 340 g/mol. The van der Waals surface area contributed by atoms with Gasteiger partial charge >= 0.3 is 0 Å². The highest BCUT2D eigenvalue weighted by molar-refractivity contribution is 6.30. The van der Waals surface area contributed by atoms with Crippen LogP contribution in [0.3, 0.4) is 0 Å². The standard InChI is InChI=1S/C19H17ClN2O3/c1-12(17(23)21(2)11-13-6-5-7-14(20)10-13)22-18(24)15-8-3-4-9-16(15)19(22)25/h3-10,12H,11H2,1-2H3. The summed E-state index contributed by atoms with van der Waals surface area (Å²) < 4.78 is 0. The van der Waals surface area contributed by atoms with E-state index in [1.54, 1.807) is 50.4 Å². The van der Waals surface area contributed by atoms with E-state index in [1.807, 2.05) is 12.1 Å². The van der Waals surface area contributed by atoms with Gasteiger partial charge in [0.15, 0.2) is 0 Å². The Labute approximate surface area is 150 Å². The Morgan fingerprint density at radius 3 is 2.24 bits per heavy atom. The van der Waals surface area contributed by atoms with Crippen LogP contribution in [0.5, 0.6) is 0 Å². The fourth-order valence-corrected chi connectivity index (χ4v) is 3.19. The van der Waals surface area contributed by atoms with Crippen LogP contribution < -0.4 is 0 Å². The summed E-state index contributed by atoms with van der Waals surface area (Å²) in [5, 5.41) is 0.590. The van der Waals surface area contributed by atoms with E-state index >= 15 is 0 Å². The third-order valence-electron chi connectivity index (χ3n) is 4.26. The average molecular weight is 357 g/mol. The van der Waals surface area contributed by atoms with Gasteiger partial charge in [0.2, 0.25) is 5.91 Å². The topological polar surface area (TPSA) is 57.7 Å². The van der Waals surface area contributed by atoms with Crippen LogP contribution >= 0.6 is 11.6 Å². The van der Waals surface area contributed by atoms with Crippen LogP contribution in [0.25, 0.3) is 0 Å². The smallest absolute Gasteiger partial charge is 0.262 e. The van der Waals surface area contributed by atoms with Gasteiger partial charge in [0.25, 0.3) is 11.8 Å². The molecule has 25 heavy (non-hydrogen) atoms. The van der Waals surface area contributed by atoms with Crippen LogP contribution in [0.1, 0.15) is 33.2 Å². The maximum Gasteiger partial charge on any atom is 0.262 e. The molecule has 5 nitrogen and oxygen atoms in total. The van der Waals surface area contributed by atoms with Crippen LogP contribution in [0.4, 0.5) is 0 Å². The molecule has 1 atom stereocenters. The molecule has 0 spiro atoms. The fraction of sp³-hybridized carbons (Fsp3) is 0.211. The van der Waals surface area contributed by atoms with Gasteiger partial charge in [0, 0.05) is 18.6 Å². The number of benzene rings is 2. The normalized spacial score (nSPS) is 14.4. The second kappa shape index (κ2) is 6.69. The number of carbonyl (C=O) groups is 3. The highest BCUT2D eigenvalue weighted by atomic mass is 35.5. The summed E-state index contributed by atoms with van der Waals surface area (Å²) in [6.45, 7) is 1.91. The van der Waals surface area contributed by atoms with E-state index < -0.39 is 17.9 Å². The molecule has 0 fully saturated rings. The van der Waals surface area contributed by atoms with Crippen LogP contribution in [-0.4, -0.2) is 40.6 Å². The highest BCUT2D eigenvalue weighted by Gasteiger charge is 2.41. The molecule has 1 aliphatic heterocycles. The van der Waals surface area contributed by atoms with Gasteiger partial charge in [0.1, 0.15) is 6.04 Å². The Morgan fingerprint density at radius 2 is 1.68 bits per heavy atom. The van der Waals surface area contributed by atoms with Gasteiger partial charge < -0.3 is 4.90 Å². The first-order valence-corrected chi connectivity index (χ1v) is 8.24. The molecule has 128 valence electrons. The molecule has 0 saturated carbocycles. The zero-order valence-electron chi connectivity index (χ0n) is 13.9. The van der Waals surface area contributed by atoms with E-state index in [9.17, 15) is 14.4 Å². The minimum atomic E-state index is -0.878. The first kappa shape index (κ1) is 17.2. The minimum Gasteiger partial charge on any atom is -0.340 e. The summed E-state index contributed by atoms with van der Waals surface area (Å²) >= 11 is 5.96. The zero-order chi connectivity index (χ0) is 18.1. The summed E-state index contributed by atoms with van der Waals surface area (Å²) in [7, 11) is 1.64. The number of hydrogen-bond donors (Lipinski definition) is 0. The van der Waals surface area contributed by atoms with Gasteiger partial charge in [-0.05, 0) is 36.8 Å². The molecule has 3 amide bonds. The molecule has 1 aliphatic rings. The van der Waals surface area contributed by atoms with E-state index in [0.29, 0.717) is 22.7 Å². The summed E-state index contributed by atoms with van der Waals surface area (Å²) in [4.78, 5) is 40.2. The number of hydrogen-bond acceptors (Lipinski definition) is 3. The molecule has 0 bridgehead atoms. The number of amides is 3. The van der Waals surface area contributed by atoms with Crippen LogP contribution in [-0.2, 0) is 11.3 Å². The summed E-state index contributed by atoms with van der Waals surface area (Å²) in [6.07, 6.45) is 0. The van der Waals surface area contributed by atoms with E-state index in [0.717, 1.165) is 10.5 Å². The van der Waals surface area contributed by atoms with Gasteiger partial charge in [-0.15, -0.1) is 0 Å². The van der Waals surface area contributed by atoms with Gasteiger partial charge in [-0.25, -0.2) is 0 Å². The number of fused-ring (bicyclic) bond motifs is 1. The molecule has 2 aromatic carbocycles. The number of rotatable bonds is 4. The van der Waals surface area contributed by atoms with E-state index in [4.69, 9.17) is 11.6 Å². The summed E-state index contributed by atoms with van der Waals surface area (Å²) in [6, 6.07) is 12.9. The minimum absolute atomic E-state index is 0.311. The predicted molar refractivity (Wildman–Crippen MR) is 94.3 cm³/mol. The number of imide groups is 1. The SMILES string of the molecule is CC(C(=O)N(C)Cc1cccc(Cl)c1)N1C(=O)c2ccccc2C1=O. The fourth-order valence-electron chi connectivity index (χ4n) is 2.98. The lowest BCUT2D eigenvalue weighted by Crippen LogP contribution is -2.48. The number of likely N-dealkylation sites (N-methyl/N-ethyl adjacent to an activating group) is 1. The third kappa shape index (κ3) is 3.15. The number of halogens is 1. The Bertz CT molecular complexity index is 830. The van der Waals surface area contributed by atoms with Gasteiger partial charge in [0.05, 0.1) is 11.1 Å². The lowest BCUT2D eigenvalue weighted by molar-refractivity contribution is -0.134. The molecule has 0 N–H and O–H groups in total. The molecule has 2 aromatic rings. The van der Waals surface area contributed by atoms with Crippen molar-refractivity contribution in [3.8, 4) is 0 Å². The maximum absolute atomic E-state index is 12.7. The van der Waals surface area contributed by atoms with E-state index in [1.165, 1.54) is 4.90 Å². The molecule has 1 unspecified atom stereocenters. The molecule has 6 heteroatoms. The molecule has 0 aliphatic carbocycles. The predicted octanol–water partition coefficient (Wildman–Crippen LogP) is 2.98. The van der Waals surface area contributed by atoms with Crippen molar-refractivity contribution in [1.29, 1.82) is 0 Å². The van der Waals surface area contributed by atoms with Crippen molar-refractivity contribution in [2.45, 2.75) is 19.5 Å². The van der Waals surface area contributed by atoms with E-state index in [-0.39, 0.29) is 5.91 Å². The second-order valence-corrected chi connectivity index (χ2v) is 6.46. The van der Waals surface area contributed by atoms with Crippen LogP contribution in [0.2, 0.25) is 5.02 Å². The van der Waals surface area contributed by atoms with Crippen molar-refractivity contribution in [3.63, 3.8) is 0 Å². The third-order valence-corrected chi connectivity index (χ3v) is 4.49. The Kier molecular flexibility index (Phi) is 4.59. The zero-order valence-corrected chi connectivity index (χ0v) is 14.7. The largest absolute Gasteiger partial charge is 0.340 e. The van der Waals surface area contributed by atoms with Crippen LogP contribution in [0.15, 0.2) is 48.5 Å². The molecule has 0 saturated heterocycles. The lowest BCUT2D eigenvalue weighted by Gasteiger charge is -2.26.